The third-order valence-corrected chi connectivity index (χ3v) is 5.42. The van der Waals surface area contributed by atoms with E-state index in [4.69, 9.17) is 4.74 Å². The van der Waals surface area contributed by atoms with E-state index in [-0.39, 0.29) is 18.5 Å². The number of carbonyl (C=O) groups is 2. The van der Waals surface area contributed by atoms with Crippen LogP contribution in [0.25, 0.3) is 0 Å². The Morgan fingerprint density at radius 2 is 2.19 bits per heavy atom. The highest BCUT2D eigenvalue weighted by Crippen LogP contribution is 2.32. The minimum atomic E-state index is -0.160. The molecule has 1 aliphatic heterocycles. The molecule has 27 heavy (non-hydrogen) atoms. The predicted octanol–water partition coefficient (Wildman–Crippen LogP) is 4.15. The summed E-state index contributed by atoms with van der Waals surface area (Å²) in [6.45, 7) is 1.61. The molecule has 1 fully saturated rings. The van der Waals surface area contributed by atoms with Crippen LogP contribution in [0.4, 0.5) is 16.2 Å². The molecule has 0 saturated heterocycles. The molecule has 1 heterocycles. The number of anilines is 2. The van der Waals surface area contributed by atoms with Crippen LogP contribution in [0, 0.1) is 5.92 Å². The van der Waals surface area contributed by atoms with Crippen LogP contribution in [-0.2, 0) is 4.79 Å². The van der Waals surface area contributed by atoms with E-state index < -0.39 is 0 Å². The molecule has 0 atom stereocenters. The van der Waals surface area contributed by atoms with Crippen molar-refractivity contribution in [2.45, 2.75) is 44.9 Å². The number of nitrogens with one attached hydrogen (secondary N) is 2. The van der Waals surface area contributed by atoms with Gasteiger partial charge in [-0.15, -0.1) is 0 Å². The summed E-state index contributed by atoms with van der Waals surface area (Å²) in [6, 6.07) is 5.27. The Bertz CT molecular complexity index is 755. The second-order valence-electron chi connectivity index (χ2n) is 7.73. The van der Waals surface area contributed by atoms with Crippen molar-refractivity contribution in [2.75, 3.05) is 30.3 Å². The van der Waals surface area contributed by atoms with Gasteiger partial charge >= 0.3 is 6.03 Å². The molecule has 0 aromatic heterocycles. The van der Waals surface area contributed by atoms with E-state index in [0.29, 0.717) is 23.0 Å². The lowest BCUT2D eigenvalue weighted by molar-refractivity contribution is -0.118. The number of benzene rings is 1. The van der Waals surface area contributed by atoms with E-state index in [1.807, 2.05) is 4.90 Å². The number of hydrogen-bond donors (Lipinski definition) is 2. The first kappa shape index (κ1) is 17.9. The molecule has 3 aliphatic rings. The van der Waals surface area contributed by atoms with Crippen molar-refractivity contribution in [3.05, 3.63) is 29.8 Å². The van der Waals surface area contributed by atoms with Gasteiger partial charge in [0.2, 0.25) is 0 Å². The average molecular weight is 369 g/mol. The Hall–Kier alpha value is -2.50. The zero-order chi connectivity index (χ0) is 18.6. The molecule has 6 heteroatoms. The first-order chi connectivity index (χ1) is 13.2. The van der Waals surface area contributed by atoms with Crippen molar-refractivity contribution in [2.24, 2.45) is 5.92 Å². The fourth-order valence-electron chi connectivity index (χ4n) is 3.65. The summed E-state index contributed by atoms with van der Waals surface area (Å²) in [5.41, 5.74) is 2.82. The number of hydrogen-bond acceptors (Lipinski definition) is 3. The number of allylic oxidation sites excluding steroid dienone is 1. The highest BCUT2D eigenvalue weighted by Gasteiger charge is 2.27. The van der Waals surface area contributed by atoms with Gasteiger partial charge in [-0.05, 0) is 63.0 Å². The van der Waals surface area contributed by atoms with Gasteiger partial charge in [0.05, 0.1) is 5.69 Å². The monoisotopic (exact) mass is 369 g/mol. The third kappa shape index (κ3) is 4.81. The summed E-state index contributed by atoms with van der Waals surface area (Å²) in [5.74, 6) is 1.08. The molecule has 0 spiro atoms. The van der Waals surface area contributed by atoms with E-state index in [0.717, 1.165) is 19.5 Å². The Labute approximate surface area is 159 Å². The number of ether oxygens (including phenoxy) is 1. The van der Waals surface area contributed by atoms with Crippen LogP contribution in [0.15, 0.2) is 29.8 Å². The number of urea groups is 1. The molecular formula is C21H27N3O3. The van der Waals surface area contributed by atoms with Gasteiger partial charge in [-0.2, -0.15) is 0 Å². The zero-order valence-electron chi connectivity index (χ0n) is 15.6. The Kier molecular flexibility index (Phi) is 5.32. The summed E-state index contributed by atoms with van der Waals surface area (Å²) in [6.07, 6.45) is 10.7. The lowest BCUT2D eigenvalue weighted by Crippen LogP contribution is -2.37. The first-order valence-electron chi connectivity index (χ1n) is 9.98. The Balaban J connectivity index is 1.38. The van der Waals surface area contributed by atoms with Crippen molar-refractivity contribution < 1.29 is 14.3 Å². The topological polar surface area (TPSA) is 70.7 Å². The quantitative estimate of drug-likeness (QED) is 0.740. The van der Waals surface area contributed by atoms with E-state index in [1.165, 1.54) is 44.1 Å². The van der Waals surface area contributed by atoms with E-state index in [1.54, 1.807) is 18.2 Å². The highest BCUT2D eigenvalue weighted by molar-refractivity contribution is 5.96. The number of fused-ring (bicyclic) bond motifs is 1. The van der Waals surface area contributed by atoms with Crippen LogP contribution in [0.1, 0.15) is 44.9 Å². The molecular weight excluding hydrogens is 342 g/mol. The minimum absolute atomic E-state index is 0.00726. The molecule has 4 rings (SSSR count). The molecule has 3 amide bonds. The second-order valence-corrected chi connectivity index (χ2v) is 7.73. The molecule has 2 aliphatic carbocycles. The summed E-state index contributed by atoms with van der Waals surface area (Å²) in [5, 5.41) is 5.76. The summed E-state index contributed by atoms with van der Waals surface area (Å²) in [7, 11) is 0. The lowest BCUT2D eigenvalue weighted by Gasteiger charge is -2.25. The van der Waals surface area contributed by atoms with Gasteiger partial charge in [-0.25, -0.2) is 4.79 Å². The maximum Gasteiger partial charge on any atom is 0.321 e. The minimum Gasteiger partial charge on any atom is -0.482 e. The van der Waals surface area contributed by atoms with Crippen LogP contribution < -0.4 is 15.4 Å². The highest BCUT2D eigenvalue weighted by atomic mass is 16.5. The Morgan fingerprint density at radius 1 is 1.30 bits per heavy atom. The van der Waals surface area contributed by atoms with Crippen LogP contribution >= 0.6 is 0 Å². The van der Waals surface area contributed by atoms with Gasteiger partial charge < -0.3 is 20.3 Å². The van der Waals surface area contributed by atoms with Crippen LogP contribution in [0.2, 0.25) is 0 Å². The largest absolute Gasteiger partial charge is 0.482 e. The number of amides is 3. The Morgan fingerprint density at radius 3 is 2.96 bits per heavy atom. The average Bonchev–Trinajstić information content (AvgIpc) is 3.50. The van der Waals surface area contributed by atoms with Crippen LogP contribution in [0.3, 0.4) is 0 Å². The van der Waals surface area contributed by atoms with Gasteiger partial charge in [0.15, 0.2) is 6.61 Å². The smallest absolute Gasteiger partial charge is 0.321 e. The fourth-order valence-corrected chi connectivity index (χ4v) is 3.65. The van der Waals surface area contributed by atoms with E-state index >= 15 is 0 Å². The van der Waals surface area contributed by atoms with Gasteiger partial charge in [-0.3, -0.25) is 4.79 Å². The number of nitrogens with zero attached hydrogens (tertiary/aromatic N) is 1. The van der Waals surface area contributed by atoms with Gasteiger partial charge in [0.25, 0.3) is 5.91 Å². The van der Waals surface area contributed by atoms with Crippen molar-refractivity contribution in [1.29, 1.82) is 0 Å². The molecule has 6 nitrogen and oxygen atoms in total. The molecule has 1 aromatic rings. The fraction of sp³-hybridized carbons (Fsp3) is 0.524. The van der Waals surface area contributed by atoms with Gasteiger partial charge in [-0.1, -0.05) is 11.6 Å². The van der Waals surface area contributed by atoms with Crippen molar-refractivity contribution in [3.8, 4) is 5.75 Å². The molecule has 0 unspecified atom stereocenters. The molecule has 0 radical (unpaired) electrons. The summed E-state index contributed by atoms with van der Waals surface area (Å²) >= 11 is 0. The standard InChI is InChI=1S/C21H27N3O3/c25-20-14-27-19-12-17(8-9-18(19)23-20)22-21(26)24(13-16-6-7-16)11-10-15-4-2-1-3-5-15/h4,8-9,12,16H,1-3,5-7,10-11,13-14H2,(H,22,26)(H,23,25). The normalized spacial score (nSPS) is 18.7. The van der Waals surface area contributed by atoms with Crippen molar-refractivity contribution in [1.82, 2.24) is 4.90 Å². The molecule has 1 aromatic carbocycles. The number of rotatable bonds is 6. The molecule has 144 valence electrons. The van der Waals surface area contributed by atoms with Gasteiger partial charge in [0.1, 0.15) is 5.75 Å². The van der Waals surface area contributed by atoms with Crippen molar-refractivity contribution >= 4 is 23.3 Å². The van der Waals surface area contributed by atoms with E-state index in [2.05, 4.69) is 16.7 Å². The van der Waals surface area contributed by atoms with E-state index in [9.17, 15) is 9.59 Å². The third-order valence-electron chi connectivity index (χ3n) is 5.42. The number of carbonyl (C=O) groups excluding carboxylic acids is 2. The summed E-state index contributed by atoms with van der Waals surface area (Å²) < 4.78 is 5.44. The van der Waals surface area contributed by atoms with Gasteiger partial charge in [0, 0.05) is 24.8 Å². The first-order valence-corrected chi connectivity index (χ1v) is 9.98. The zero-order valence-corrected chi connectivity index (χ0v) is 15.6. The lowest BCUT2D eigenvalue weighted by atomic mass is 9.97. The molecule has 2 N–H and O–H groups in total. The van der Waals surface area contributed by atoms with Crippen LogP contribution in [-0.4, -0.2) is 36.5 Å². The maximum atomic E-state index is 12.9. The SMILES string of the molecule is O=C1COc2cc(NC(=O)N(CCC3=CCCCC3)CC3CC3)ccc2N1. The molecule has 1 saturated carbocycles. The van der Waals surface area contributed by atoms with Crippen molar-refractivity contribution in [3.63, 3.8) is 0 Å². The van der Waals surface area contributed by atoms with Crippen LogP contribution in [0.5, 0.6) is 5.75 Å². The summed E-state index contributed by atoms with van der Waals surface area (Å²) in [4.78, 5) is 26.2. The maximum absolute atomic E-state index is 12.9. The molecule has 0 bridgehead atoms. The second kappa shape index (κ2) is 8.03. The predicted molar refractivity (Wildman–Crippen MR) is 105 cm³/mol.